The smallest absolute Gasteiger partial charge is 0.342 e. The van der Waals surface area contributed by atoms with Gasteiger partial charge in [-0.05, 0) is 24.1 Å². The van der Waals surface area contributed by atoms with Crippen molar-refractivity contribution in [3.63, 3.8) is 0 Å². The van der Waals surface area contributed by atoms with E-state index in [1.165, 1.54) is 33.5 Å². The van der Waals surface area contributed by atoms with Crippen molar-refractivity contribution in [3.05, 3.63) is 41.5 Å². The average Bonchev–Trinajstić information content (AvgIpc) is 2.81. The van der Waals surface area contributed by atoms with E-state index in [0.29, 0.717) is 43.4 Å². The minimum atomic E-state index is -0.709. The highest BCUT2D eigenvalue weighted by Crippen LogP contribution is 2.35. The van der Waals surface area contributed by atoms with E-state index in [1.54, 1.807) is 0 Å². The molecule has 0 radical (unpaired) electrons. The van der Waals surface area contributed by atoms with Crippen molar-refractivity contribution in [2.24, 2.45) is 0 Å². The summed E-state index contributed by atoms with van der Waals surface area (Å²) >= 11 is 0. The van der Waals surface area contributed by atoms with Gasteiger partial charge in [0.05, 0.1) is 21.3 Å². The number of esters is 1. The number of fused-ring (bicyclic) bond motifs is 1. The van der Waals surface area contributed by atoms with Crippen LogP contribution in [-0.4, -0.2) is 59.6 Å². The molecule has 0 saturated carbocycles. The summed E-state index contributed by atoms with van der Waals surface area (Å²) in [7, 11) is 4.35. The number of hydrogen-bond donors (Lipinski definition) is 1. The molecule has 0 bridgehead atoms. The molecule has 1 N–H and O–H groups in total. The normalized spacial score (nSPS) is 12.0. The van der Waals surface area contributed by atoms with Crippen molar-refractivity contribution in [1.82, 2.24) is 5.32 Å². The number of hydrogen-bond acceptors (Lipinski definition) is 8. The summed E-state index contributed by atoms with van der Waals surface area (Å²) in [5.74, 6) is 1.31. The standard InChI is InChI=1S/C22H25NO8/c1-26-17-12-19(28-3)18(27-2)11-15(17)22(25)31-13-21(24)23-7-6-14-4-5-16-20(10-14)30-9-8-29-16/h4-5,10-12H,6-9,13H2,1-3H3,(H,23,24). The van der Waals surface area contributed by atoms with E-state index in [1.807, 2.05) is 18.2 Å². The van der Waals surface area contributed by atoms with Gasteiger partial charge in [-0.1, -0.05) is 6.07 Å². The molecule has 2 aromatic rings. The van der Waals surface area contributed by atoms with Gasteiger partial charge in [0.2, 0.25) is 0 Å². The van der Waals surface area contributed by atoms with E-state index in [0.717, 1.165) is 11.3 Å². The molecule has 3 rings (SSSR count). The Morgan fingerprint density at radius 1 is 0.903 bits per heavy atom. The highest BCUT2D eigenvalue weighted by molar-refractivity contribution is 5.95. The van der Waals surface area contributed by atoms with Crippen molar-refractivity contribution in [1.29, 1.82) is 0 Å². The highest BCUT2D eigenvalue weighted by atomic mass is 16.6. The number of nitrogens with one attached hydrogen (secondary N) is 1. The minimum absolute atomic E-state index is 0.129. The molecule has 1 amide bonds. The van der Waals surface area contributed by atoms with E-state index < -0.39 is 18.5 Å². The number of amides is 1. The molecular weight excluding hydrogens is 406 g/mol. The monoisotopic (exact) mass is 431 g/mol. The minimum Gasteiger partial charge on any atom is -0.496 e. The first-order chi connectivity index (χ1) is 15.0. The number of ether oxygens (including phenoxy) is 6. The first-order valence-corrected chi connectivity index (χ1v) is 9.68. The molecule has 2 aromatic carbocycles. The molecule has 0 saturated heterocycles. The van der Waals surface area contributed by atoms with Gasteiger partial charge in [-0.25, -0.2) is 4.79 Å². The fourth-order valence-electron chi connectivity index (χ4n) is 3.04. The van der Waals surface area contributed by atoms with Crippen molar-refractivity contribution in [3.8, 4) is 28.7 Å². The van der Waals surface area contributed by atoms with Crippen molar-refractivity contribution in [2.75, 3.05) is 47.7 Å². The quantitative estimate of drug-likeness (QED) is 0.602. The Bertz CT molecular complexity index is 943. The zero-order chi connectivity index (χ0) is 22.2. The number of carbonyl (C=O) groups excluding carboxylic acids is 2. The second kappa shape index (κ2) is 10.4. The SMILES string of the molecule is COc1cc(OC)c(C(=O)OCC(=O)NCCc2ccc3c(c2)OCCO3)cc1OC. The number of rotatable bonds is 9. The molecular formula is C22H25NO8. The van der Waals surface area contributed by atoms with E-state index >= 15 is 0 Å². The second-order valence-corrected chi connectivity index (χ2v) is 6.56. The van der Waals surface area contributed by atoms with Crippen molar-refractivity contribution < 1.29 is 38.0 Å². The van der Waals surface area contributed by atoms with E-state index in [9.17, 15) is 9.59 Å². The van der Waals surface area contributed by atoms with Gasteiger partial charge < -0.3 is 33.7 Å². The molecule has 0 unspecified atom stereocenters. The van der Waals surface area contributed by atoms with Crippen LogP contribution in [0.1, 0.15) is 15.9 Å². The molecule has 0 fully saturated rings. The lowest BCUT2D eigenvalue weighted by Crippen LogP contribution is -2.30. The van der Waals surface area contributed by atoms with Gasteiger partial charge >= 0.3 is 5.97 Å². The summed E-state index contributed by atoms with van der Waals surface area (Å²) in [5.41, 5.74) is 1.13. The molecule has 0 aliphatic carbocycles. The third-order valence-corrected chi connectivity index (χ3v) is 4.60. The Morgan fingerprint density at radius 3 is 2.29 bits per heavy atom. The van der Waals surface area contributed by atoms with E-state index in [4.69, 9.17) is 28.4 Å². The number of carbonyl (C=O) groups is 2. The van der Waals surface area contributed by atoms with Crippen molar-refractivity contribution in [2.45, 2.75) is 6.42 Å². The summed E-state index contributed by atoms with van der Waals surface area (Å²) in [6.45, 7) is 1.02. The van der Waals surface area contributed by atoms with Crippen LogP contribution in [0, 0.1) is 0 Å². The van der Waals surface area contributed by atoms with Crippen LogP contribution >= 0.6 is 0 Å². The maximum atomic E-state index is 12.4. The van der Waals surface area contributed by atoms with Crippen LogP contribution in [-0.2, 0) is 16.0 Å². The van der Waals surface area contributed by atoms with Crippen molar-refractivity contribution >= 4 is 11.9 Å². The average molecular weight is 431 g/mol. The van der Waals surface area contributed by atoms with Crippen LogP contribution < -0.4 is 29.0 Å². The van der Waals surface area contributed by atoms with Gasteiger partial charge in [-0.15, -0.1) is 0 Å². The molecule has 0 aromatic heterocycles. The van der Waals surface area contributed by atoms with Crippen LogP contribution in [0.25, 0.3) is 0 Å². The number of methoxy groups -OCH3 is 3. The maximum Gasteiger partial charge on any atom is 0.342 e. The summed E-state index contributed by atoms with van der Waals surface area (Å²) in [6, 6.07) is 8.62. The summed E-state index contributed by atoms with van der Waals surface area (Å²) < 4.78 is 31.8. The molecule has 31 heavy (non-hydrogen) atoms. The second-order valence-electron chi connectivity index (χ2n) is 6.56. The van der Waals surface area contributed by atoms with Gasteiger partial charge in [0.25, 0.3) is 5.91 Å². The van der Waals surface area contributed by atoms with Gasteiger partial charge in [-0.2, -0.15) is 0 Å². The molecule has 1 heterocycles. The zero-order valence-corrected chi connectivity index (χ0v) is 17.7. The van der Waals surface area contributed by atoms with Gasteiger partial charge in [0.1, 0.15) is 24.5 Å². The lowest BCUT2D eigenvalue weighted by atomic mass is 10.1. The van der Waals surface area contributed by atoms with Crippen LogP contribution in [0.15, 0.2) is 30.3 Å². The Morgan fingerprint density at radius 2 is 1.58 bits per heavy atom. The first kappa shape index (κ1) is 22.1. The van der Waals surface area contributed by atoms with Crippen LogP contribution in [0.4, 0.5) is 0 Å². The van der Waals surface area contributed by atoms with Crippen LogP contribution in [0.3, 0.4) is 0 Å². The fraction of sp³-hybridized carbons (Fsp3) is 0.364. The lowest BCUT2D eigenvalue weighted by molar-refractivity contribution is -0.124. The first-order valence-electron chi connectivity index (χ1n) is 9.68. The van der Waals surface area contributed by atoms with Crippen LogP contribution in [0.5, 0.6) is 28.7 Å². The molecule has 1 aliphatic rings. The molecule has 9 nitrogen and oxygen atoms in total. The predicted octanol–water partition coefficient (Wildman–Crippen LogP) is 2.00. The van der Waals surface area contributed by atoms with E-state index in [2.05, 4.69) is 5.32 Å². The molecule has 166 valence electrons. The highest BCUT2D eigenvalue weighted by Gasteiger charge is 2.20. The molecule has 0 spiro atoms. The Kier molecular flexibility index (Phi) is 7.42. The summed E-state index contributed by atoms with van der Waals surface area (Å²) in [6.07, 6.45) is 0.597. The van der Waals surface area contributed by atoms with Crippen LogP contribution in [0.2, 0.25) is 0 Å². The van der Waals surface area contributed by atoms with E-state index in [-0.39, 0.29) is 11.3 Å². The topological polar surface area (TPSA) is 102 Å². The Labute approximate surface area is 180 Å². The molecule has 0 atom stereocenters. The maximum absolute atomic E-state index is 12.4. The summed E-state index contributed by atoms with van der Waals surface area (Å²) in [4.78, 5) is 24.5. The number of benzene rings is 2. The van der Waals surface area contributed by atoms with Gasteiger partial charge in [0.15, 0.2) is 29.6 Å². The third kappa shape index (κ3) is 5.50. The summed E-state index contributed by atoms with van der Waals surface area (Å²) in [5, 5.41) is 2.72. The Hall–Kier alpha value is -3.62. The molecule has 1 aliphatic heterocycles. The van der Waals surface area contributed by atoms with Gasteiger partial charge in [0, 0.05) is 18.7 Å². The Balaban J connectivity index is 1.50. The third-order valence-electron chi connectivity index (χ3n) is 4.60. The zero-order valence-electron chi connectivity index (χ0n) is 17.7. The molecule has 9 heteroatoms. The lowest BCUT2D eigenvalue weighted by Gasteiger charge is -2.18. The van der Waals surface area contributed by atoms with Gasteiger partial charge in [-0.3, -0.25) is 4.79 Å². The predicted molar refractivity (Wildman–Crippen MR) is 111 cm³/mol. The largest absolute Gasteiger partial charge is 0.496 e. The fourth-order valence-corrected chi connectivity index (χ4v) is 3.04.